The van der Waals surface area contributed by atoms with Gasteiger partial charge in [0.1, 0.15) is 17.1 Å². The molecule has 0 radical (unpaired) electrons. The minimum Gasteiger partial charge on any atom is -0.496 e. The number of hydrogen-bond donors (Lipinski definition) is 2. The van der Waals surface area contributed by atoms with Crippen molar-refractivity contribution in [2.75, 3.05) is 20.8 Å². The number of rotatable bonds is 5. The lowest BCUT2D eigenvalue weighted by Crippen LogP contribution is -2.46. The second-order valence-corrected chi connectivity index (χ2v) is 5.25. The van der Waals surface area contributed by atoms with Gasteiger partial charge in [-0.2, -0.15) is 13.2 Å². The van der Waals surface area contributed by atoms with Crippen LogP contribution >= 0.6 is 0 Å². The van der Waals surface area contributed by atoms with Gasteiger partial charge < -0.3 is 19.9 Å². The van der Waals surface area contributed by atoms with Gasteiger partial charge in [0.05, 0.1) is 31.9 Å². The van der Waals surface area contributed by atoms with E-state index in [-0.39, 0.29) is 23.7 Å². The molecule has 0 saturated heterocycles. The average Bonchev–Trinajstić information content (AvgIpc) is 2.44. The SMILES string of the molecule is COc1cc(C(F)(F)F)cc(OC)c1C(=O)NC(C)(C)CO. The molecule has 2 N–H and O–H groups in total. The molecule has 0 aliphatic heterocycles. The minimum atomic E-state index is -4.60. The number of ether oxygens (including phenoxy) is 2. The van der Waals surface area contributed by atoms with Crippen LogP contribution in [0.2, 0.25) is 0 Å². The molecule has 8 heteroatoms. The molecule has 0 atom stereocenters. The summed E-state index contributed by atoms with van der Waals surface area (Å²) in [6, 6.07) is 1.45. The molecule has 124 valence electrons. The third-order valence-electron chi connectivity index (χ3n) is 2.91. The van der Waals surface area contributed by atoms with Crippen molar-refractivity contribution >= 4 is 5.91 Å². The fourth-order valence-corrected chi connectivity index (χ4v) is 1.71. The second-order valence-electron chi connectivity index (χ2n) is 5.25. The quantitative estimate of drug-likeness (QED) is 0.873. The highest BCUT2D eigenvalue weighted by Crippen LogP contribution is 2.38. The molecule has 0 heterocycles. The summed E-state index contributed by atoms with van der Waals surface area (Å²) in [5.74, 6) is -1.24. The molecular weight excluding hydrogens is 303 g/mol. The van der Waals surface area contributed by atoms with Gasteiger partial charge in [0.15, 0.2) is 0 Å². The highest BCUT2D eigenvalue weighted by atomic mass is 19.4. The fourth-order valence-electron chi connectivity index (χ4n) is 1.71. The van der Waals surface area contributed by atoms with Crippen LogP contribution in [0.4, 0.5) is 13.2 Å². The number of benzene rings is 1. The molecule has 1 amide bonds. The van der Waals surface area contributed by atoms with Gasteiger partial charge in [-0.25, -0.2) is 0 Å². The van der Waals surface area contributed by atoms with E-state index >= 15 is 0 Å². The molecule has 0 bridgehead atoms. The molecular formula is C14H18F3NO4. The summed E-state index contributed by atoms with van der Waals surface area (Å²) < 4.78 is 48.3. The maximum atomic E-state index is 12.8. The summed E-state index contributed by atoms with van der Waals surface area (Å²) in [4.78, 5) is 12.3. The Morgan fingerprint density at radius 2 is 1.64 bits per heavy atom. The van der Waals surface area contributed by atoms with E-state index in [0.717, 1.165) is 26.4 Å². The number of carbonyl (C=O) groups excluding carboxylic acids is 1. The molecule has 5 nitrogen and oxygen atoms in total. The van der Waals surface area contributed by atoms with Crippen molar-refractivity contribution in [3.63, 3.8) is 0 Å². The third-order valence-corrected chi connectivity index (χ3v) is 2.91. The first-order valence-corrected chi connectivity index (χ1v) is 6.32. The average molecular weight is 321 g/mol. The Morgan fingerprint density at radius 1 is 1.18 bits per heavy atom. The van der Waals surface area contributed by atoms with Crippen molar-refractivity contribution in [2.24, 2.45) is 0 Å². The summed E-state index contributed by atoms with van der Waals surface area (Å²) in [7, 11) is 2.31. The third kappa shape index (κ3) is 4.03. The van der Waals surface area contributed by atoms with E-state index in [2.05, 4.69) is 5.32 Å². The topological polar surface area (TPSA) is 67.8 Å². The van der Waals surface area contributed by atoms with Crippen molar-refractivity contribution < 1.29 is 32.5 Å². The minimum absolute atomic E-state index is 0.167. The van der Waals surface area contributed by atoms with Gasteiger partial charge in [-0.05, 0) is 26.0 Å². The van der Waals surface area contributed by atoms with Gasteiger partial charge >= 0.3 is 6.18 Å². The van der Waals surface area contributed by atoms with E-state index in [1.54, 1.807) is 13.8 Å². The van der Waals surface area contributed by atoms with Crippen LogP contribution in [0.3, 0.4) is 0 Å². The van der Waals surface area contributed by atoms with Crippen LogP contribution in [-0.4, -0.2) is 37.4 Å². The number of halogens is 3. The Labute approximate surface area is 126 Å². The maximum Gasteiger partial charge on any atom is 0.416 e. The Kier molecular flexibility index (Phi) is 5.29. The number of amides is 1. The summed E-state index contributed by atoms with van der Waals surface area (Å²) in [5.41, 5.74) is -2.10. The first kappa shape index (κ1) is 18.1. The van der Waals surface area contributed by atoms with Gasteiger partial charge in [-0.3, -0.25) is 4.79 Å². The fraction of sp³-hybridized carbons (Fsp3) is 0.500. The number of methoxy groups -OCH3 is 2. The molecule has 1 rings (SSSR count). The van der Waals surface area contributed by atoms with E-state index in [0.29, 0.717) is 0 Å². The molecule has 1 aromatic rings. The zero-order valence-electron chi connectivity index (χ0n) is 12.7. The van der Waals surface area contributed by atoms with Crippen LogP contribution in [0.1, 0.15) is 29.8 Å². The lowest BCUT2D eigenvalue weighted by atomic mass is 10.0. The molecule has 22 heavy (non-hydrogen) atoms. The summed E-state index contributed by atoms with van der Waals surface area (Å²) >= 11 is 0. The van der Waals surface area contributed by atoms with Gasteiger partial charge in [-0.15, -0.1) is 0 Å². The zero-order chi connectivity index (χ0) is 17.1. The van der Waals surface area contributed by atoms with Crippen LogP contribution < -0.4 is 14.8 Å². The van der Waals surface area contributed by atoms with Crippen LogP contribution in [0.15, 0.2) is 12.1 Å². The summed E-state index contributed by atoms with van der Waals surface area (Å²) in [6.45, 7) is 2.78. The molecule has 0 fully saturated rings. The van der Waals surface area contributed by atoms with E-state index in [9.17, 15) is 18.0 Å². The van der Waals surface area contributed by atoms with Gasteiger partial charge in [0, 0.05) is 0 Å². The van der Waals surface area contributed by atoms with Gasteiger partial charge in [0.2, 0.25) is 0 Å². The van der Waals surface area contributed by atoms with Crippen molar-refractivity contribution in [3.05, 3.63) is 23.3 Å². The van der Waals surface area contributed by atoms with Crippen molar-refractivity contribution in [1.29, 1.82) is 0 Å². The van der Waals surface area contributed by atoms with E-state index < -0.39 is 23.2 Å². The molecule has 1 aromatic carbocycles. The lowest BCUT2D eigenvalue weighted by molar-refractivity contribution is -0.137. The molecule has 0 aliphatic rings. The Morgan fingerprint density at radius 3 is 1.95 bits per heavy atom. The number of hydrogen-bond acceptors (Lipinski definition) is 4. The zero-order valence-corrected chi connectivity index (χ0v) is 12.7. The summed E-state index contributed by atoms with van der Waals surface area (Å²) in [5, 5.41) is 11.7. The standard InChI is InChI=1S/C14H18F3NO4/c1-13(2,7-19)18-12(20)11-9(21-3)5-8(14(15,16)17)6-10(11)22-4/h5-6,19H,7H2,1-4H3,(H,18,20). The van der Waals surface area contributed by atoms with Gasteiger partial charge in [0.25, 0.3) is 5.91 Å². The predicted octanol–water partition coefficient (Wildman–Crippen LogP) is 2.22. The highest BCUT2D eigenvalue weighted by molar-refractivity contribution is 6.00. The molecule has 0 spiro atoms. The number of nitrogens with one attached hydrogen (secondary N) is 1. The number of carbonyl (C=O) groups is 1. The Balaban J connectivity index is 3.38. The monoisotopic (exact) mass is 321 g/mol. The van der Waals surface area contributed by atoms with Crippen molar-refractivity contribution in [3.8, 4) is 11.5 Å². The second kappa shape index (κ2) is 6.43. The smallest absolute Gasteiger partial charge is 0.416 e. The summed E-state index contributed by atoms with van der Waals surface area (Å²) in [6.07, 6.45) is -4.60. The number of alkyl halides is 3. The molecule has 0 aliphatic carbocycles. The van der Waals surface area contributed by atoms with E-state index in [4.69, 9.17) is 14.6 Å². The first-order valence-electron chi connectivity index (χ1n) is 6.32. The van der Waals surface area contributed by atoms with Crippen molar-refractivity contribution in [1.82, 2.24) is 5.32 Å². The molecule has 0 unspecified atom stereocenters. The first-order chi connectivity index (χ1) is 10.1. The van der Waals surface area contributed by atoms with Crippen LogP contribution in [0.5, 0.6) is 11.5 Å². The Bertz CT molecular complexity index is 531. The lowest BCUT2D eigenvalue weighted by Gasteiger charge is -2.25. The van der Waals surface area contributed by atoms with Crippen LogP contribution in [0, 0.1) is 0 Å². The van der Waals surface area contributed by atoms with Crippen LogP contribution in [-0.2, 0) is 6.18 Å². The molecule has 0 saturated carbocycles. The number of aliphatic hydroxyl groups is 1. The van der Waals surface area contributed by atoms with E-state index in [1.807, 2.05) is 0 Å². The Hall–Kier alpha value is -1.96. The van der Waals surface area contributed by atoms with Crippen LogP contribution in [0.25, 0.3) is 0 Å². The normalized spacial score (nSPS) is 12.0. The predicted molar refractivity (Wildman–Crippen MR) is 73.2 cm³/mol. The largest absolute Gasteiger partial charge is 0.496 e. The maximum absolute atomic E-state index is 12.8. The van der Waals surface area contributed by atoms with Gasteiger partial charge in [-0.1, -0.05) is 0 Å². The highest BCUT2D eigenvalue weighted by Gasteiger charge is 2.34. The number of aliphatic hydroxyl groups excluding tert-OH is 1. The molecule has 0 aromatic heterocycles. The van der Waals surface area contributed by atoms with Crippen molar-refractivity contribution in [2.45, 2.75) is 25.6 Å². The van der Waals surface area contributed by atoms with E-state index in [1.165, 1.54) is 0 Å².